The van der Waals surface area contributed by atoms with Crippen LogP contribution in [0.3, 0.4) is 0 Å². The molecular formula is C7H19N3O2S. The van der Waals surface area contributed by atoms with Crippen molar-refractivity contribution in [3.63, 3.8) is 0 Å². The van der Waals surface area contributed by atoms with Gasteiger partial charge in [-0.2, -0.15) is 12.7 Å². The van der Waals surface area contributed by atoms with Crippen LogP contribution in [0.2, 0.25) is 0 Å². The van der Waals surface area contributed by atoms with Crippen LogP contribution in [0.15, 0.2) is 0 Å². The van der Waals surface area contributed by atoms with E-state index in [2.05, 4.69) is 0 Å². The van der Waals surface area contributed by atoms with Gasteiger partial charge in [-0.3, -0.25) is 0 Å². The van der Waals surface area contributed by atoms with Gasteiger partial charge in [0.15, 0.2) is 0 Å². The molecule has 80 valence electrons. The van der Waals surface area contributed by atoms with E-state index in [1.54, 1.807) is 0 Å². The Morgan fingerprint density at radius 1 is 1.38 bits per heavy atom. The number of hydrogen-bond acceptors (Lipinski definition) is 3. The summed E-state index contributed by atoms with van der Waals surface area (Å²) in [4.78, 5) is 0. The molecule has 0 rings (SSSR count). The fraction of sp³-hybridized carbons (Fsp3) is 1.00. The zero-order chi connectivity index (χ0) is 10.6. The second-order valence-corrected chi connectivity index (χ2v) is 5.22. The van der Waals surface area contributed by atoms with E-state index in [0.717, 1.165) is 4.31 Å². The Hall–Kier alpha value is -0.170. The maximum absolute atomic E-state index is 10.8. The van der Waals surface area contributed by atoms with Crippen molar-refractivity contribution < 1.29 is 8.42 Å². The third kappa shape index (κ3) is 5.20. The molecule has 0 fully saturated rings. The van der Waals surface area contributed by atoms with E-state index in [9.17, 15) is 8.42 Å². The molecule has 5 nitrogen and oxygen atoms in total. The van der Waals surface area contributed by atoms with Crippen LogP contribution in [0.1, 0.15) is 20.3 Å². The Kier molecular flexibility index (Phi) is 4.83. The number of hydrogen-bond donors (Lipinski definition) is 2. The number of nitrogens with zero attached hydrogens (tertiary/aromatic N) is 1. The minimum Gasteiger partial charge on any atom is -0.327 e. The van der Waals surface area contributed by atoms with Gasteiger partial charge in [-0.25, -0.2) is 5.14 Å². The summed E-state index contributed by atoms with van der Waals surface area (Å²) in [5, 5.41) is 4.90. The summed E-state index contributed by atoms with van der Waals surface area (Å²) in [6.45, 7) is 4.38. The second kappa shape index (κ2) is 4.90. The van der Waals surface area contributed by atoms with Gasteiger partial charge in [0, 0.05) is 19.6 Å². The van der Waals surface area contributed by atoms with Crippen LogP contribution in [-0.4, -0.2) is 32.4 Å². The summed E-state index contributed by atoms with van der Waals surface area (Å²) in [5.41, 5.74) is 5.75. The quantitative estimate of drug-likeness (QED) is 0.639. The highest BCUT2D eigenvalue weighted by molar-refractivity contribution is 7.86. The molecule has 0 spiro atoms. The maximum atomic E-state index is 10.8. The normalized spacial score (nSPS) is 15.3. The van der Waals surface area contributed by atoms with Crippen LogP contribution in [0, 0.1) is 5.92 Å². The molecule has 0 aromatic carbocycles. The monoisotopic (exact) mass is 209 g/mol. The molecule has 0 aromatic heterocycles. The topological polar surface area (TPSA) is 89.4 Å². The average molecular weight is 209 g/mol. The minimum absolute atomic E-state index is 0.0178. The van der Waals surface area contributed by atoms with Gasteiger partial charge in [0.05, 0.1) is 0 Å². The molecule has 0 aromatic rings. The molecule has 1 unspecified atom stereocenters. The van der Waals surface area contributed by atoms with Crippen LogP contribution in [0.5, 0.6) is 0 Å². The lowest BCUT2D eigenvalue weighted by Crippen LogP contribution is -2.37. The lowest BCUT2D eigenvalue weighted by Gasteiger charge is -2.19. The van der Waals surface area contributed by atoms with E-state index in [4.69, 9.17) is 10.9 Å². The smallest absolute Gasteiger partial charge is 0.276 e. The van der Waals surface area contributed by atoms with Crippen LogP contribution < -0.4 is 10.9 Å². The summed E-state index contributed by atoms with van der Waals surface area (Å²) < 4.78 is 22.7. The van der Waals surface area contributed by atoms with Crippen molar-refractivity contribution >= 4 is 10.2 Å². The molecule has 4 N–H and O–H groups in total. The fourth-order valence-corrected chi connectivity index (χ4v) is 1.15. The van der Waals surface area contributed by atoms with E-state index >= 15 is 0 Å². The molecule has 0 radical (unpaired) electrons. The molecule has 1 atom stereocenters. The Morgan fingerprint density at radius 3 is 2.15 bits per heavy atom. The van der Waals surface area contributed by atoms with E-state index < -0.39 is 10.2 Å². The first-order valence-electron chi connectivity index (χ1n) is 4.24. The van der Waals surface area contributed by atoms with Gasteiger partial charge >= 0.3 is 0 Å². The summed E-state index contributed by atoms with van der Waals surface area (Å²) in [7, 11) is -2.10. The first kappa shape index (κ1) is 12.8. The average Bonchev–Trinajstić information content (AvgIpc) is 1.97. The number of nitrogens with two attached hydrogens (primary N) is 2. The van der Waals surface area contributed by atoms with Crippen LogP contribution in [0.25, 0.3) is 0 Å². The highest BCUT2D eigenvalue weighted by Crippen LogP contribution is 2.04. The molecule has 0 aliphatic rings. The van der Waals surface area contributed by atoms with Crippen LogP contribution in [-0.2, 0) is 10.2 Å². The molecule has 0 aliphatic carbocycles. The van der Waals surface area contributed by atoms with Gasteiger partial charge in [-0.1, -0.05) is 13.8 Å². The van der Waals surface area contributed by atoms with Crippen molar-refractivity contribution in [2.24, 2.45) is 16.8 Å². The molecule has 6 heteroatoms. The molecular weight excluding hydrogens is 190 g/mol. The minimum atomic E-state index is -3.55. The predicted molar refractivity (Wildman–Crippen MR) is 53.2 cm³/mol. The predicted octanol–water partition coefficient (Wildman–Crippen LogP) is -0.505. The summed E-state index contributed by atoms with van der Waals surface area (Å²) >= 11 is 0. The summed E-state index contributed by atoms with van der Waals surface area (Å²) in [5.74, 6) is 0.355. The highest BCUT2D eigenvalue weighted by Gasteiger charge is 2.14. The lowest BCUT2D eigenvalue weighted by molar-refractivity contribution is 0.398. The molecule has 0 saturated heterocycles. The first-order valence-corrected chi connectivity index (χ1v) is 5.75. The molecule has 0 amide bonds. The molecule has 13 heavy (non-hydrogen) atoms. The zero-order valence-electron chi connectivity index (χ0n) is 8.40. The van der Waals surface area contributed by atoms with Crippen LogP contribution in [0.4, 0.5) is 0 Å². The van der Waals surface area contributed by atoms with E-state index in [0.29, 0.717) is 18.9 Å². The largest absolute Gasteiger partial charge is 0.327 e. The van der Waals surface area contributed by atoms with Gasteiger partial charge in [0.25, 0.3) is 10.2 Å². The lowest BCUT2D eigenvalue weighted by atomic mass is 10.0. The van der Waals surface area contributed by atoms with Crippen molar-refractivity contribution in [1.82, 2.24) is 4.31 Å². The highest BCUT2D eigenvalue weighted by atomic mass is 32.2. The summed E-state index contributed by atoms with van der Waals surface area (Å²) in [6, 6.07) is 0.0178. The van der Waals surface area contributed by atoms with E-state index in [1.807, 2.05) is 13.8 Å². The third-order valence-electron chi connectivity index (χ3n) is 2.07. The zero-order valence-corrected chi connectivity index (χ0v) is 9.21. The molecule has 0 bridgehead atoms. The molecule has 0 saturated carbocycles. The Morgan fingerprint density at radius 2 is 1.85 bits per heavy atom. The Balaban J connectivity index is 3.91. The SMILES string of the molecule is CC(C)C(N)CCN(C)S(N)(=O)=O. The third-order valence-corrected chi connectivity index (χ3v) is 3.12. The van der Waals surface area contributed by atoms with Crippen LogP contribution >= 0.6 is 0 Å². The van der Waals surface area contributed by atoms with Gasteiger partial charge in [0.1, 0.15) is 0 Å². The maximum Gasteiger partial charge on any atom is 0.276 e. The Labute approximate surface area is 80.3 Å². The van der Waals surface area contributed by atoms with Gasteiger partial charge in [0.2, 0.25) is 0 Å². The van der Waals surface area contributed by atoms with Crippen molar-refractivity contribution in [2.75, 3.05) is 13.6 Å². The van der Waals surface area contributed by atoms with Crippen molar-refractivity contribution in [1.29, 1.82) is 0 Å². The standard InChI is InChI=1S/C7H19N3O2S/c1-6(2)7(8)4-5-10(3)13(9,11)12/h6-7H,4-5,8H2,1-3H3,(H2,9,11,12). The van der Waals surface area contributed by atoms with Gasteiger partial charge < -0.3 is 5.73 Å². The van der Waals surface area contributed by atoms with E-state index in [-0.39, 0.29) is 6.04 Å². The fourth-order valence-electron chi connectivity index (χ4n) is 0.791. The van der Waals surface area contributed by atoms with Gasteiger partial charge in [-0.15, -0.1) is 0 Å². The van der Waals surface area contributed by atoms with Crippen molar-refractivity contribution in [2.45, 2.75) is 26.3 Å². The van der Waals surface area contributed by atoms with Crippen molar-refractivity contribution in [3.05, 3.63) is 0 Å². The number of rotatable bonds is 5. The van der Waals surface area contributed by atoms with Crippen molar-refractivity contribution in [3.8, 4) is 0 Å². The van der Waals surface area contributed by atoms with E-state index in [1.165, 1.54) is 7.05 Å². The second-order valence-electron chi connectivity index (χ2n) is 3.56. The Bertz CT molecular complexity index is 238. The summed E-state index contributed by atoms with van der Waals surface area (Å²) in [6.07, 6.45) is 0.630. The molecule has 0 heterocycles. The first-order chi connectivity index (χ1) is 5.75. The van der Waals surface area contributed by atoms with Gasteiger partial charge in [-0.05, 0) is 12.3 Å². The molecule has 0 aliphatic heterocycles.